The molecule has 0 aromatic heterocycles. The molecule has 1 aromatic rings. The lowest BCUT2D eigenvalue weighted by atomic mass is 10.2. The van der Waals surface area contributed by atoms with Crippen molar-refractivity contribution in [3.8, 4) is 0 Å². The topological polar surface area (TPSA) is 15.3 Å². The third-order valence-corrected chi connectivity index (χ3v) is 3.99. The van der Waals surface area contributed by atoms with Crippen molar-refractivity contribution >= 4 is 22.6 Å². The minimum Gasteiger partial charge on any atom is -0.313 e. The maximum Gasteiger partial charge on any atom is 0.0205 e. The van der Waals surface area contributed by atoms with Gasteiger partial charge in [0, 0.05) is 10.1 Å². The van der Waals surface area contributed by atoms with Crippen LogP contribution >= 0.6 is 22.6 Å². The van der Waals surface area contributed by atoms with Crippen molar-refractivity contribution in [2.24, 2.45) is 0 Å². The van der Waals surface area contributed by atoms with E-state index in [1.807, 2.05) is 0 Å². The van der Waals surface area contributed by atoms with E-state index < -0.39 is 0 Å². The fourth-order valence-electron chi connectivity index (χ4n) is 2.27. The Bertz CT molecular complexity index is 317. The molecule has 2 nitrogen and oxygen atoms in total. The molecule has 0 unspecified atom stereocenters. The summed E-state index contributed by atoms with van der Waals surface area (Å²) in [7, 11) is 0. The van der Waals surface area contributed by atoms with Crippen molar-refractivity contribution in [3.63, 3.8) is 0 Å². The van der Waals surface area contributed by atoms with E-state index in [2.05, 4.69) is 57.1 Å². The number of nitrogens with one attached hydrogen (secondary N) is 1. The van der Waals surface area contributed by atoms with E-state index in [-0.39, 0.29) is 0 Å². The third-order valence-electron chi connectivity index (χ3n) is 3.27. The van der Waals surface area contributed by atoms with Crippen LogP contribution in [0.25, 0.3) is 0 Å². The summed E-state index contributed by atoms with van der Waals surface area (Å²) in [5.41, 5.74) is 1.38. The molecular weight excluding hydrogens is 323 g/mol. The van der Waals surface area contributed by atoms with Gasteiger partial charge in [0.1, 0.15) is 0 Å². The lowest BCUT2D eigenvalue weighted by Gasteiger charge is -2.14. The predicted molar refractivity (Wildman–Crippen MR) is 81.2 cm³/mol. The molecule has 2 rings (SSSR count). The van der Waals surface area contributed by atoms with E-state index in [1.54, 1.807) is 0 Å². The van der Waals surface area contributed by atoms with Crippen LogP contribution < -0.4 is 5.32 Å². The molecule has 17 heavy (non-hydrogen) atoms. The molecule has 0 atom stereocenters. The fraction of sp³-hybridized carbons (Fsp3) is 0.571. The van der Waals surface area contributed by atoms with Gasteiger partial charge in [-0.3, -0.25) is 0 Å². The van der Waals surface area contributed by atoms with E-state index in [0.29, 0.717) is 0 Å². The molecule has 0 amide bonds. The number of halogens is 1. The maximum atomic E-state index is 3.52. The Balaban J connectivity index is 1.55. The molecule has 1 aromatic carbocycles. The van der Waals surface area contributed by atoms with Gasteiger partial charge < -0.3 is 10.2 Å². The minimum absolute atomic E-state index is 0.997. The minimum atomic E-state index is 0.997. The quantitative estimate of drug-likeness (QED) is 0.631. The molecule has 0 saturated carbocycles. The molecule has 0 radical (unpaired) electrons. The van der Waals surface area contributed by atoms with E-state index in [9.17, 15) is 0 Å². The summed E-state index contributed by atoms with van der Waals surface area (Å²) in [5, 5.41) is 3.52. The van der Waals surface area contributed by atoms with Crippen LogP contribution in [-0.2, 0) is 6.54 Å². The van der Waals surface area contributed by atoms with Gasteiger partial charge in [-0.05, 0) is 85.7 Å². The van der Waals surface area contributed by atoms with Crippen molar-refractivity contribution in [1.82, 2.24) is 10.2 Å². The first-order chi connectivity index (χ1) is 8.34. The highest BCUT2D eigenvalue weighted by Crippen LogP contribution is 2.08. The van der Waals surface area contributed by atoms with Crippen molar-refractivity contribution in [2.45, 2.75) is 25.8 Å². The summed E-state index contributed by atoms with van der Waals surface area (Å²) in [4.78, 5) is 2.58. The van der Waals surface area contributed by atoms with Crippen molar-refractivity contribution in [3.05, 3.63) is 33.4 Å². The highest BCUT2D eigenvalue weighted by molar-refractivity contribution is 14.1. The maximum absolute atomic E-state index is 3.52. The molecule has 1 saturated heterocycles. The number of benzene rings is 1. The van der Waals surface area contributed by atoms with Gasteiger partial charge >= 0.3 is 0 Å². The zero-order valence-electron chi connectivity index (χ0n) is 10.3. The number of hydrogen-bond donors (Lipinski definition) is 1. The first kappa shape index (κ1) is 13.3. The molecule has 0 spiro atoms. The Hall–Kier alpha value is -0.130. The third kappa shape index (κ3) is 4.94. The summed E-state index contributed by atoms with van der Waals surface area (Å²) in [6.45, 7) is 6.02. The lowest BCUT2D eigenvalue weighted by molar-refractivity contribution is 0.331. The van der Waals surface area contributed by atoms with Crippen LogP contribution in [0, 0.1) is 3.57 Å². The second-order valence-corrected chi connectivity index (χ2v) is 5.95. The fourth-order valence-corrected chi connectivity index (χ4v) is 2.63. The first-order valence-corrected chi connectivity index (χ1v) is 7.60. The number of hydrogen-bond acceptors (Lipinski definition) is 2. The monoisotopic (exact) mass is 344 g/mol. The van der Waals surface area contributed by atoms with Gasteiger partial charge in [0.15, 0.2) is 0 Å². The molecule has 94 valence electrons. The number of likely N-dealkylation sites (tertiary alicyclic amines) is 1. The van der Waals surface area contributed by atoms with Gasteiger partial charge in [0.2, 0.25) is 0 Å². The summed E-state index contributed by atoms with van der Waals surface area (Å²) in [6, 6.07) is 8.74. The Morgan fingerprint density at radius 1 is 1.12 bits per heavy atom. The molecule has 1 fully saturated rings. The first-order valence-electron chi connectivity index (χ1n) is 6.52. The van der Waals surface area contributed by atoms with E-state index in [0.717, 1.165) is 13.1 Å². The zero-order valence-corrected chi connectivity index (χ0v) is 12.4. The van der Waals surface area contributed by atoms with Gasteiger partial charge in [-0.2, -0.15) is 0 Å². The average Bonchev–Trinajstić information content (AvgIpc) is 2.84. The Morgan fingerprint density at radius 2 is 1.82 bits per heavy atom. The highest BCUT2D eigenvalue weighted by atomic mass is 127. The Labute approximate surface area is 118 Å². The summed E-state index contributed by atoms with van der Waals surface area (Å²) in [6.07, 6.45) is 4.07. The van der Waals surface area contributed by atoms with Crippen LogP contribution in [0.5, 0.6) is 0 Å². The Kier molecular flexibility index (Phi) is 5.74. The molecule has 1 aliphatic rings. The largest absolute Gasteiger partial charge is 0.313 e. The molecular formula is C14H21IN2. The lowest BCUT2D eigenvalue weighted by Crippen LogP contribution is -2.24. The van der Waals surface area contributed by atoms with Crippen LogP contribution in [0.2, 0.25) is 0 Å². The van der Waals surface area contributed by atoms with Gasteiger partial charge in [0.05, 0.1) is 0 Å². The van der Waals surface area contributed by atoms with Crippen molar-refractivity contribution in [1.29, 1.82) is 0 Å². The average molecular weight is 344 g/mol. The molecule has 0 aliphatic carbocycles. The normalized spacial score (nSPS) is 16.5. The van der Waals surface area contributed by atoms with Crippen LogP contribution in [-0.4, -0.2) is 31.1 Å². The van der Waals surface area contributed by atoms with Crippen LogP contribution in [0.15, 0.2) is 24.3 Å². The summed E-state index contributed by atoms with van der Waals surface area (Å²) in [5.74, 6) is 0. The number of nitrogens with zero attached hydrogens (tertiary/aromatic N) is 1. The van der Waals surface area contributed by atoms with Gasteiger partial charge in [-0.15, -0.1) is 0 Å². The second-order valence-electron chi connectivity index (χ2n) is 4.71. The standard InChI is InChI=1S/C14H21IN2/c15-14-6-4-13(5-7-14)12-16-8-3-11-17-9-1-2-10-17/h4-7,16H,1-3,8-12H2. The van der Waals surface area contributed by atoms with Crippen molar-refractivity contribution in [2.75, 3.05) is 26.2 Å². The predicted octanol–water partition coefficient (Wildman–Crippen LogP) is 2.87. The van der Waals surface area contributed by atoms with Crippen molar-refractivity contribution < 1.29 is 0 Å². The van der Waals surface area contributed by atoms with Gasteiger partial charge in [-0.25, -0.2) is 0 Å². The van der Waals surface area contributed by atoms with Crippen LogP contribution in [0.4, 0.5) is 0 Å². The molecule has 1 N–H and O–H groups in total. The zero-order chi connectivity index (χ0) is 11.9. The molecule has 3 heteroatoms. The SMILES string of the molecule is Ic1ccc(CNCCCN2CCCC2)cc1. The number of rotatable bonds is 6. The molecule has 0 bridgehead atoms. The van der Waals surface area contributed by atoms with Gasteiger partial charge in [0.25, 0.3) is 0 Å². The second kappa shape index (κ2) is 7.34. The van der Waals surface area contributed by atoms with Gasteiger partial charge in [-0.1, -0.05) is 12.1 Å². The smallest absolute Gasteiger partial charge is 0.0205 e. The molecule has 1 aliphatic heterocycles. The van der Waals surface area contributed by atoms with Crippen LogP contribution in [0.1, 0.15) is 24.8 Å². The highest BCUT2D eigenvalue weighted by Gasteiger charge is 2.09. The van der Waals surface area contributed by atoms with E-state index in [1.165, 1.54) is 48.0 Å². The Morgan fingerprint density at radius 3 is 2.53 bits per heavy atom. The molecule has 1 heterocycles. The van der Waals surface area contributed by atoms with Crippen LogP contribution in [0.3, 0.4) is 0 Å². The van der Waals surface area contributed by atoms with E-state index >= 15 is 0 Å². The van der Waals surface area contributed by atoms with E-state index in [4.69, 9.17) is 0 Å². The summed E-state index contributed by atoms with van der Waals surface area (Å²) >= 11 is 2.34. The summed E-state index contributed by atoms with van der Waals surface area (Å²) < 4.78 is 1.31.